The van der Waals surface area contributed by atoms with Gasteiger partial charge in [-0.25, -0.2) is 4.98 Å². The van der Waals surface area contributed by atoms with Gasteiger partial charge in [-0.3, -0.25) is 0 Å². The maximum absolute atomic E-state index is 6.26. The fourth-order valence-electron chi connectivity index (χ4n) is 1.88. The molecule has 0 aliphatic heterocycles. The van der Waals surface area contributed by atoms with E-state index in [-0.39, 0.29) is 6.04 Å². The van der Waals surface area contributed by atoms with Gasteiger partial charge in [-0.05, 0) is 52.8 Å². The van der Waals surface area contributed by atoms with Crippen molar-refractivity contribution in [3.05, 3.63) is 50.0 Å². The molecule has 2 aromatic rings. The van der Waals surface area contributed by atoms with Crippen LogP contribution >= 0.6 is 38.5 Å². The summed E-state index contributed by atoms with van der Waals surface area (Å²) in [5.74, 6) is 1.08. The highest BCUT2D eigenvalue weighted by molar-refractivity contribution is 14.1. The minimum Gasteiger partial charge on any atom is -0.338 e. The smallest absolute Gasteiger partial charge is 0.108 e. The molecule has 18 heavy (non-hydrogen) atoms. The van der Waals surface area contributed by atoms with Gasteiger partial charge in [0.2, 0.25) is 0 Å². The topological polar surface area (TPSA) is 43.8 Å². The molecule has 0 spiro atoms. The first-order valence-electron chi connectivity index (χ1n) is 5.74. The zero-order valence-electron chi connectivity index (χ0n) is 10.1. The Balaban J connectivity index is 2.06. The van der Waals surface area contributed by atoms with Crippen molar-refractivity contribution in [2.75, 3.05) is 0 Å². The summed E-state index contributed by atoms with van der Waals surface area (Å²) in [6.45, 7) is 0. The number of aryl methyl sites for hydroxylation is 2. The van der Waals surface area contributed by atoms with Crippen molar-refractivity contribution in [3.63, 3.8) is 0 Å². The highest BCUT2D eigenvalue weighted by Gasteiger charge is 2.11. The van der Waals surface area contributed by atoms with Gasteiger partial charge in [-0.15, -0.1) is 0 Å². The Morgan fingerprint density at radius 2 is 2.28 bits per heavy atom. The first-order chi connectivity index (χ1) is 8.58. The molecule has 2 rings (SSSR count). The molecule has 0 radical (unpaired) electrons. The lowest BCUT2D eigenvalue weighted by Gasteiger charge is -2.14. The van der Waals surface area contributed by atoms with E-state index in [4.69, 9.17) is 5.73 Å². The van der Waals surface area contributed by atoms with Gasteiger partial charge >= 0.3 is 0 Å². The Morgan fingerprint density at radius 3 is 2.94 bits per heavy atom. The number of nitrogens with zero attached hydrogens (tertiary/aromatic N) is 2. The number of benzene rings is 1. The number of nitrogens with two attached hydrogens (primary N) is 1. The zero-order valence-corrected chi connectivity index (χ0v) is 13.8. The standard InChI is InChI=1S/C13H15BrIN3/c1-18-7-6-17-13(18)5-4-12(16)10-8-9(15)2-3-11(10)14/h2-3,6-8,12H,4-5,16H2,1H3. The molecule has 0 saturated carbocycles. The molecule has 0 fully saturated rings. The summed E-state index contributed by atoms with van der Waals surface area (Å²) in [5.41, 5.74) is 7.42. The van der Waals surface area contributed by atoms with Gasteiger partial charge in [-0.2, -0.15) is 0 Å². The Morgan fingerprint density at radius 1 is 1.50 bits per heavy atom. The molecule has 96 valence electrons. The van der Waals surface area contributed by atoms with Gasteiger partial charge in [0.1, 0.15) is 5.82 Å². The number of rotatable bonds is 4. The minimum atomic E-state index is 0.0331. The third-order valence-corrected chi connectivity index (χ3v) is 4.35. The lowest BCUT2D eigenvalue weighted by atomic mass is 10.0. The molecule has 1 aromatic heterocycles. The number of aromatic nitrogens is 2. The molecule has 3 nitrogen and oxygen atoms in total. The van der Waals surface area contributed by atoms with Crippen molar-refractivity contribution < 1.29 is 0 Å². The Labute approximate surface area is 129 Å². The average Bonchev–Trinajstić information content (AvgIpc) is 2.75. The van der Waals surface area contributed by atoms with Crippen LogP contribution in [-0.2, 0) is 13.5 Å². The molecule has 1 atom stereocenters. The number of imidazole rings is 1. The molecule has 1 unspecified atom stereocenters. The second kappa shape index (κ2) is 6.16. The van der Waals surface area contributed by atoms with Crippen molar-refractivity contribution in [3.8, 4) is 0 Å². The summed E-state index contributed by atoms with van der Waals surface area (Å²) < 4.78 is 4.32. The van der Waals surface area contributed by atoms with E-state index in [0.717, 1.165) is 28.7 Å². The lowest BCUT2D eigenvalue weighted by molar-refractivity contribution is 0.618. The van der Waals surface area contributed by atoms with Crippen molar-refractivity contribution in [1.29, 1.82) is 0 Å². The van der Waals surface area contributed by atoms with Crippen molar-refractivity contribution >= 4 is 38.5 Å². The van der Waals surface area contributed by atoms with Crippen LogP contribution in [-0.4, -0.2) is 9.55 Å². The molecule has 1 aromatic carbocycles. The summed E-state index contributed by atoms with van der Waals surface area (Å²) in [4.78, 5) is 4.32. The molecule has 1 heterocycles. The van der Waals surface area contributed by atoms with E-state index in [9.17, 15) is 0 Å². The predicted octanol–water partition coefficient (Wildman–Crippen LogP) is 3.42. The van der Waals surface area contributed by atoms with Crippen LogP contribution in [0.4, 0.5) is 0 Å². The number of halogens is 2. The van der Waals surface area contributed by atoms with Crippen LogP contribution in [0.1, 0.15) is 23.9 Å². The van der Waals surface area contributed by atoms with Crippen LogP contribution in [0, 0.1) is 3.57 Å². The molecule has 0 aliphatic rings. The van der Waals surface area contributed by atoms with Gasteiger partial charge in [0.25, 0.3) is 0 Å². The molecule has 2 N–H and O–H groups in total. The van der Waals surface area contributed by atoms with Crippen molar-refractivity contribution in [2.45, 2.75) is 18.9 Å². The van der Waals surface area contributed by atoms with E-state index in [1.807, 2.05) is 24.0 Å². The van der Waals surface area contributed by atoms with Crippen LogP contribution in [0.2, 0.25) is 0 Å². The highest BCUT2D eigenvalue weighted by atomic mass is 127. The first-order valence-corrected chi connectivity index (χ1v) is 7.62. The third-order valence-electron chi connectivity index (χ3n) is 2.96. The molecule has 0 aliphatic carbocycles. The lowest BCUT2D eigenvalue weighted by Crippen LogP contribution is -2.13. The maximum atomic E-state index is 6.26. The Kier molecular flexibility index (Phi) is 4.80. The van der Waals surface area contributed by atoms with Gasteiger partial charge < -0.3 is 10.3 Å². The van der Waals surface area contributed by atoms with Gasteiger partial charge in [-0.1, -0.05) is 15.9 Å². The Bertz CT molecular complexity index is 539. The van der Waals surface area contributed by atoms with Gasteiger partial charge in [0, 0.05) is 39.9 Å². The van der Waals surface area contributed by atoms with E-state index in [2.05, 4.69) is 61.7 Å². The third kappa shape index (κ3) is 3.33. The number of hydrogen-bond acceptors (Lipinski definition) is 2. The summed E-state index contributed by atoms with van der Waals surface area (Å²) in [6.07, 6.45) is 5.57. The molecular formula is C13H15BrIN3. The van der Waals surface area contributed by atoms with Gasteiger partial charge in [0.05, 0.1) is 0 Å². The fourth-order valence-corrected chi connectivity index (χ4v) is 2.93. The monoisotopic (exact) mass is 419 g/mol. The van der Waals surface area contributed by atoms with Crippen LogP contribution in [0.15, 0.2) is 35.1 Å². The summed E-state index contributed by atoms with van der Waals surface area (Å²) >= 11 is 5.87. The minimum absolute atomic E-state index is 0.0331. The van der Waals surface area contributed by atoms with Crippen LogP contribution < -0.4 is 5.73 Å². The van der Waals surface area contributed by atoms with Gasteiger partial charge in [0.15, 0.2) is 0 Å². The van der Waals surface area contributed by atoms with E-state index >= 15 is 0 Å². The molecule has 0 saturated heterocycles. The largest absolute Gasteiger partial charge is 0.338 e. The Hall–Kier alpha value is -0.400. The normalized spacial score (nSPS) is 12.7. The highest BCUT2D eigenvalue weighted by Crippen LogP contribution is 2.26. The second-order valence-electron chi connectivity index (χ2n) is 4.27. The summed E-state index contributed by atoms with van der Waals surface area (Å²) in [6, 6.07) is 6.29. The summed E-state index contributed by atoms with van der Waals surface area (Å²) in [7, 11) is 2.01. The SMILES string of the molecule is Cn1ccnc1CCC(N)c1cc(I)ccc1Br. The predicted molar refractivity (Wildman–Crippen MR) is 85.3 cm³/mol. The van der Waals surface area contributed by atoms with Crippen LogP contribution in [0.5, 0.6) is 0 Å². The van der Waals surface area contributed by atoms with E-state index in [0.29, 0.717) is 0 Å². The zero-order chi connectivity index (χ0) is 13.1. The van der Waals surface area contributed by atoms with E-state index in [1.165, 1.54) is 3.57 Å². The van der Waals surface area contributed by atoms with Crippen LogP contribution in [0.25, 0.3) is 0 Å². The van der Waals surface area contributed by atoms with E-state index in [1.54, 1.807) is 0 Å². The van der Waals surface area contributed by atoms with Crippen molar-refractivity contribution in [2.24, 2.45) is 12.8 Å². The first kappa shape index (κ1) is 14.0. The average molecular weight is 420 g/mol. The second-order valence-corrected chi connectivity index (χ2v) is 6.37. The summed E-state index contributed by atoms with van der Waals surface area (Å²) in [5, 5.41) is 0. The quantitative estimate of drug-likeness (QED) is 0.771. The molecule has 0 amide bonds. The maximum Gasteiger partial charge on any atom is 0.108 e. The molecule has 0 bridgehead atoms. The van der Waals surface area contributed by atoms with Crippen molar-refractivity contribution in [1.82, 2.24) is 9.55 Å². The molecular weight excluding hydrogens is 405 g/mol. The number of hydrogen-bond donors (Lipinski definition) is 1. The fraction of sp³-hybridized carbons (Fsp3) is 0.308. The van der Waals surface area contributed by atoms with Crippen LogP contribution in [0.3, 0.4) is 0 Å². The molecule has 5 heteroatoms. The van der Waals surface area contributed by atoms with E-state index < -0.39 is 0 Å².